The SMILES string of the molecule is COc1ccc(NC2CC(c3cccc(Br)c3)C2)cc1Cl. The average Bonchev–Trinajstić information content (AvgIpc) is 2.42. The third kappa shape index (κ3) is 3.35. The Bertz CT molecular complexity index is 640. The molecule has 3 rings (SSSR count). The number of methoxy groups -OCH3 is 1. The second-order valence-corrected chi connectivity index (χ2v) is 6.74. The van der Waals surface area contributed by atoms with Crippen molar-refractivity contribution in [3.8, 4) is 5.75 Å². The van der Waals surface area contributed by atoms with Crippen LogP contribution in [0.15, 0.2) is 46.9 Å². The number of anilines is 1. The number of hydrogen-bond donors (Lipinski definition) is 1. The van der Waals surface area contributed by atoms with Crippen molar-refractivity contribution in [2.75, 3.05) is 12.4 Å². The van der Waals surface area contributed by atoms with E-state index in [1.165, 1.54) is 5.56 Å². The zero-order valence-corrected chi connectivity index (χ0v) is 14.1. The summed E-state index contributed by atoms with van der Waals surface area (Å²) in [6.45, 7) is 0. The van der Waals surface area contributed by atoms with E-state index in [9.17, 15) is 0 Å². The fourth-order valence-corrected chi connectivity index (χ4v) is 3.43. The van der Waals surface area contributed by atoms with Gasteiger partial charge >= 0.3 is 0 Å². The molecule has 0 amide bonds. The Labute approximate surface area is 138 Å². The molecule has 0 heterocycles. The zero-order chi connectivity index (χ0) is 14.8. The summed E-state index contributed by atoms with van der Waals surface area (Å²) < 4.78 is 6.32. The minimum absolute atomic E-state index is 0.512. The first-order valence-corrected chi connectivity index (χ1v) is 8.18. The maximum Gasteiger partial charge on any atom is 0.137 e. The lowest BCUT2D eigenvalue weighted by molar-refractivity contribution is 0.374. The monoisotopic (exact) mass is 365 g/mol. The number of benzene rings is 2. The van der Waals surface area contributed by atoms with Crippen LogP contribution < -0.4 is 10.1 Å². The van der Waals surface area contributed by atoms with Crippen molar-refractivity contribution in [2.24, 2.45) is 0 Å². The van der Waals surface area contributed by atoms with Crippen molar-refractivity contribution in [3.63, 3.8) is 0 Å². The van der Waals surface area contributed by atoms with Crippen molar-refractivity contribution < 1.29 is 4.74 Å². The Morgan fingerprint density at radius 2 is 2.00 bits per heavy atom. The number of halogens is 2. The van der Waals surface area contributed by atoms with Crippen molar-refractivity contribution in [1.29, 1.82) is 0 Å². The van der Waals surface area contributed by atoms with Gasteiger partial charge in [0, 0.05) is 16.2 Å². The van der Waals surface area contributed by atoms with Gasteiger partial charge in [-0.15, -0.1) is 0 Å². The van der Waals surface area contributed by atoms with E-state index < -0.39 is 0 Å². The molecule has 0 unspecified atom stereocenters. The number of ether oxygens (including phenoxy) is 1. The number of nitrogens with one attached hydrogen (secondary N) is 1. The highest BCUT2D eigenvalue weighted by molar-refractivity contribution is 9.10. The van der Waals surface area contributed by atoms with E-state index in [1.807, 2.05) is 18.2 Å². The van der Waals surface area contributed by atoms with E-state index in [0.29, 0.717) is 22.7 Å². The largest absolute Gasteiger partial charge is 0.495 e. The lowest BCUT2D eigenvalue weighted by Gasteiger charge is -2.37. The molecule has 0 bridgehead atoms. The summed E-state index contributed by atoms with van der Waals surface area (Å²) in [7, 11) is 1.63. The summed E-state index contributed by atoms with van der Waals surface area (Å²) in [5.41, 5.74) is 2.47. The van der Waals surface area contributed by atoms with E-state index in [1.54, 1.807) is 7.11 Å². The summed E-state index contributed by atoms with van der Waals surface area (Å²) in [4.78, 5) is 0. The van der Waals surface area contributed by atoms with Gasteiger partial charge in [-0.25, -0.2) is 0 Å². The molecule has 1 N–H and O–H groups in total. The van der Waals surface area contributed by atoms with Gasteiger partial charge in [0.25, 0.3) is 0 Å². The number of rotatable bonds is 4. The van der Waals surface area contributed by atoms with Crippen molar-refractivity contribution in [3.05, 3.63) is 57.5 Å². The highest BCUT2D eigenvalue weighted by atomic mass is 79.9. The van der Waals surface area contributed by atoms with Crippen LogP contribution in [0, 0.1) is 0 Å². The van der Waals surface area contributed by atoms with Gasteiger partial charge in [-0.1, -0.05) is 39.7 Å². The Morgan fingerprint density at radius 1 is 1.19 bits per heavy atom. The number of hydrogen-bond acceptors (Lipinski definition) is 2. The quantitative estimate of drug-likeness (QED) is 0.774. The molecule has 0 spiro atoms. The van der Waals surface area contributed by atoms with Crippen molar-refractivity contribution in [2.45, 2.75) is 24.8 Å². The first-order chi connectivity index (χ1) is 10.2. The topological polar surface area (TPSA) is 21.3 Å². The molecule has 2 aromatic rings. The average molecular weight is 367 g/mol. The van der Waals surface area contributed by atoms with Crippen molar-refractivity contribution in [1.82, 2.24) is 0 Å². The summed E-state index contributed by atoms with van der Waals surface area (Å²) in [6, 6.07) is 14.9. The molecule has 0 aliphatic heterocycles. The molecule has 1 fully saturated rings. The lowest BCUT2D eigenvalue weighted by Crippen LogP contribution is -2.33. The third-order valence-corrected chi connectivity index (χ3v) is 4.77. The minimum atomic E-state index is 0.512. The lowest BCUT2D eigenvalue weighted by atomic mass is 9.76. The minimum Gasteiger partial charge on any atom is -0.495 e. The molecule has 0 saturated heterocycles. The first-order valence-electron chi connectivity index (χ1n) is 7.01. The van der Waals surface area contributed by atoms with Crippen LogP contribution in [-0.2, 0) is 0 Å². The molecule has 2 aromatic carbocycles. The van der Waals surface area contributed by atoms with E-state index in [2.05, 4.69) is 45.5 Å². The maximum atomic E-state index is 6.15. The second-order valence-electron chi connectivity index (χ2n) is 5.41. The normalized spacial score (nSPS) is 20.7. The Balaban J connectivity index is 1.58. The smallest absolute Gasteiger partial charge is 0.137 e. The summed E-state index contributed by atoms with van der Waals surface area (Å²) in [5.74, 6) is 1.36. The van der Waals surface area contributed by atoms with E-state index in [0.717, 1.165) is 23.0 Å². The molecule has 1 saturated carbocycles. The fourth-order valence-electron chi connectivity index (χ4n) is 2.76. The molecular weight excluding hydrogens is 350 g/mol. The van der Waals surface area contributed by atoms with Crippen LogP contribution in [-0.4, -0.2) is 13.2 Å². The fraction of sp³-hybridized carbons (Fsp3) is 0.294. The molecule has 21 heavy (non-hydrogen) atoms. The highest BCUT2D eigenvalue weighted by Gasteiger charge is 2.30. The van der Waals surface area contributed by atoms with Gasteiger partial charge < -0.3 is 10.1 Å². The Hall–Kier alpha value is -1.19. The molecule has 1 aliphatic rings. The van der Waals surface area contributed by atoms with Gasteiger partial charge in [-0.2, -0.15) is 0 Å². The highest BCUT2D eigenvalue weighted by Crippen LogP contribution is 2.39. The van der Waals surface area contributed by atoms with E-state index in [-0.39, 0.29) is 0 Å². The van der Waals surface area contributed by atoms with Gasteiger partial charge in [0.1, 0.15) is 5.75 Å². The first kappa shape index (κ1) is 14.7. The van der Waals surface area contributed by atoms with Crippen molar-refractivity contribution >= 4 is 33.2 Å². The van der Waals surface area contributed by atoms with Crippen LogP contribution >= 0.6 is 27.5 Å². The molecule has 0 aromatic heterocycles. The van der Waals surface area contributed by atoms with Crippen LogP contribution in [0.4, 0.5) is 5.69 Å². The van der Waals surface area contributed by atoms with Gasteiger partial charge in [-0.05, 0) is 54.7 Å². The predicted molar refractivity (Wildman–Crippen MR) is 91.5 cm³/mol. The van der Waals surface area contributed by atoms with Gasteiger partial charge in [-0.3, -0.25) is 0 Å². The molecule has 0 radical (unpaired) electrons. The second kappa shape index (κ2) is 6.29. The van der Waals surface area contributed by atoms with Crippen LogP contribution in [0.5, 0.6) is 5.75 Å². The van der Waals surface area contributed by atoms with Gasteiger partial charge in [0.15, 0.2) is 0 Å². The molecule has 4 heteroatoms. The van der Waals surface area contributed by atoms with Gasteiger partial charge in [0.2, 0.25) is 0 Å². The summed E-state index contributed by atoms with van der Waals surface area (Å²) in [5, 5.41) is 4.18. The molecular formula is C17H17BrClNO. The standard InChI is InChI=1S/C17H17BrClNO/c1-21-17-6-5-14(10-16(17)19)20-15-8-12(9-15)11-3-2-4-13(18)7-11/h2-7,10,12,15,20H,8-9H2,1H3. The summed E-state index contributed by atoms with van der Waals surface area (Å²) >= 11 is 9.68. The zero-order valence-electron chi connectivity index (χ0n) is 11.8. The summed E-state index contributed by atoms with van der Waals surface area (Å²) in [6.07, 6.45) is 2.31. The molecule has 0 atom stereocenters. The predicted octanol–water partition coefficient (Wildman–Crippen LogP) is 5.47. The van der Waals surface area contributed by atoms with Crippen LogP contribution in [0.25, 0.3) is 0 Å². The van der Waals surface area contributed by atoms with E-state index >= 15 is 0 Å². The Morgan fingerprint density at radius 3 is 2.67 bits per heavy atom. The molecule has 1 aliphatic carbocycles. The van der Waals surface area contributed by atoms with Crippen LogP contribution in [0.3, 0.4) is 0 Å². The maximum absolute atomic E-state index is 6.15. The van der Waals surface area contributed by atoms with Gasteiger partial charge in [0.05, 0.1) is 12.1 Å². The van der Waals surface area contributed by atoms with Crippen LogP contribution in [0.2, 0.25) is 5.02 Å². The molecule has 2 nitrogen and oxygen atoms in total. The third-order valence-electron chi connectivity index (χ3n) is 3.98. The molecule has 110 valence electrons. The van der Waals surface area contributed by atoms with Crippen LogP contribution in [0.1, 0.15) is 24.3 Å². The van der Waals surface area contributed by atoms with E-state index in [4.69, 9.17) is 16.3 Å². The Kier molecular flexibility index (Phi) is 4.41.